The third-order valence-electron chi connectivity index (χ3n) is 32.1. The topological polar surface area (TPSA) is 328 Å². The average Bonchev–Trinajstić information content (AvgIpc) is 1.54. The van der Waals surface area contributed by atoms with Crippen LogP contribution in [0.1, 0.15) is 259 Å². The van der Waals surface area contributed by atoms with Crippen molar-refractivity contribution in [3.05, 3.63) is 220 Å². The summed E-state index contributed by atoms with van der Waals surface area (Å²) in [5.74, 6) is 0. The number of hydrogen-bond acceptors (Lipinski definition) is 18. The highest BCUT2D eigenvalue weighted by Gasteiger charge is 2.41. The van der Waals surface area contributed by atoms with Crippen LogP contribution < -0.4 is 66.7 Å². The number of fused-ring (bicyclic) bond motifs is 3. The molecule has 0 aliphatic carbocycles. The monoisotopic (exact) mass is 2010 g/mol. The van der Waals surface area contributed by atoms with E-state index in [-0.39, 0.29) is 88.4 Å². The molecule has 28 heteroatoms. The van der Waals surface area contributed by atoms with Gasteiger partial charge in [0.1, 0.15) is 16.8 Å². The lowest BCUT2D eigenvalue weighted by Gasteiger charge is -2.24. The molecule has 0 amide bonds. The number of nitrogens with zero attached hydrogens (tertiary/aromatic N) is 9. The van der Waals surface area contributed by atoms with Gasteiger partial charge in [0.15, 0.2) is 0 Å². The number of carbonyl (C=O) groups is 3. The predicted octanol–water partition coefficient (Wildman–Crippen LogP) is 24.3. The van der Waals surface area contributed by atoms with Gasteiger partial charge in [0.05, 0.1) is 65.4 Å². The van der Waals surface area contributed by atoms with Crippen molar-refractivity contribution < 1.29 is 28.6 Å². The zero-order valence-corrected chi connectivity index (χ0v) is 86.4. The summed E-state index contributed by atoms with van der Waals surface area (Å²) in [4.78, 5) is 228. The van der Waals surface area contributed by atoms with Gasteiger partial charge in [-0.2, -0.15) is 0 Å². The number of ether oxygens (including phenoxy) is 3. The van der Waals surface area contributed by atoms with Gasteiger partial charge in [-0.1, -0.05) is 117 Å². The first kappa shape index (κ1) is 93.9. The maximum Gasteiger partial charge on any atom is 0.419 e. The van der Waals surface area contributed by atoms with Gasteiger partial charge in [-0.3, -0.25) is 84.9 Å². The molecule has 0 spiro atoms. The second kappa shape index (κ2) is 31.9. The molecule has 145 heavy (non-hydrogen) atoms. The second-order valence-corrected chi connectivity index (χ2v) is 43.9. The van der Waals surface area contributed by atoms with E-state index in [1.54, 1.807) is 135 Å². The lowest BCUT2D eigenvalue weighted by atomic mass is 9.79. The first-order valence-corrected chi connectivity index (χ1v) is 51.8. The molecule has 736 valence electrons. The first-order valence-electron chi connectivity index (χ1n) is 51.0. The number of halogens is 1. The Balaban J connectivity index is 0.000000198. The normalized spacial score (nSPS) is 13.3. The number of pyridine rings is 6. The second-order valence-electron chi connectivity index (χ2n) is 43.0. The summed E-state index contributed by atoms with van der Waals surface area (Å²) in [5.41, 5.74) is -6.19. The highest BCUT2D eigenvalue weighted by molar-refractivity contribution is 9.10. The summed E-state index contributed by atoms with van der Waals surface area (Å²) in [6, 6.07) is 23.4. The highest BCUT2D eigenvalue weighted by Crippen LogP contribution is 2.59. The third kappa shape index (κ3) is 12.2. The molecule has 0 bridgehead atoms. The van der Waals surface area contributed by atoms with E-state index in [0.29, 0.717) is 244 Å². The molecule has 0 saturated heterocycles. The fourth-order valence-electron chi connectivity index (χ4n) is 25.9. The minimum absolute atomic E-state index is 0.137. The van der Waals surface area contributed by atoms with Crippen LogP contribution in [0.3, 0.4) is 0 Å². The maximum absolute atomic E-state index is 16.2. The van der Waals surface area contributed by atoms with Crippen molar-refractivity contribution in [1.29, 1.82) is 0 Å². The van der Waals surface area contributed by atoms with E-state index in [4.69, 9.17) is 14.2 Å². The molecular weight excluding hydrogens is 1900 g/mol. The summed E-state index contributed by atoms with van der Waals surface area (Å²) in [6.45, 7) is 39.0. The number of carbonyl (C=O) groups excluding carboxylic acids is 3. The van der Waals surface area contributed by atoms with E-state index < -0.39 is 115 Å². The largest absolute Gasteiger partial charge is 0.443 e. The smallest absolute Gasteiger partial charge is 0.419 e. The molecule has 0 fully saturated rings. The standard InChI is InChI=1S/C78H72N6O12.C39H36BrN3O6/c1-15-33(16-2)79-67(85)39-25-23-37-53-41(27-43-57-47(73(91)81(69(43)87)35(19-5)20-6)31-51-63(65(53)57)61-49(83(51)75(93)95-77(9,10)11)29-45(71(79)89)55(39)59(37)61)42-28-44-58-48(74(92)82(70(44)88)36(21-7)22-8)32-52-64-62-50(84(52)76(94)96-78(12,13)14)30-46-56-40(26-24-38(60(56)62)54(42)66(58)64)68(86)80(72(46)90)34(17-3)18-4;1-8-17(9-2)41-34(44)20-13-12-19-29-24(40)14-21-28-23(37(47)42(35(21)45)18(10-3)11-4)16-26-32(33(28)29)31-25(43(26)38(48)49-39(5,6)7)15-22(36(41)46)27(20)30(19)31/h23-36H,15-22H2,1-14H3;12-18H,8-11H2,1-7H3. The summed E-state index contributed by atoms with van der Waals surface area (Å²) >= 11 is 3.80. The summed E-state index contributed by atoms with van der Waals surface area (Å²) < 4.78 is 31.4. The van der Waals surface area contributed by atoms with Gasteiger partial charge in [0, 0.05) is 175 Å². The van der Waals surface area contributed by atoms with Crippen LogP contribution in [0.2, 0.25) is 0 Å². The fraction of sp³-hybridized carbons (Fsp3) is 0.359. The van der Waals surface area contributed by atoms with Gasteiger partial charge in [-0.25, -0.2) is 28.1 Å². The van der Waals surface area contributed by atoms with Crippen LogP contribution in [-0.4, -0.2) is 76.2 Å². The van der Waals surface area contributed by atoms with Gasteiger partial charge in [0.2, 0.25) is 0 Å². The lowest BCUT2D eigenvalue weighted by molar-refractivity contribution is 0.0540. The molecule has 24 aromatic rings. The van der Waals surface area contributed by atoms with Crippen molar-refractivity contribution >= 4 is 261 Å². The molecular formula is C117H108BrN9O18. The van der Waals surface area contributed by atoms with E-state index in [1.165, 1.54) is 41.1 Å². The molecule has 9 heterocycles. The summed E-state index contributed by atoms with van der Waals surface area (Å²) in [5, 5.41) is 15.0. The van der Waals surface area contributed by atoms with Crippen LogP contribution in [-0.2, 0) is 14.2 Å². The Kier molecular flexibility index (Phi) is 20.7. The molecule has 0 atom stereocenters. The van der Waals surface area contributed by atoms with Crippen LogP contribution in [0.25, 0.3) is 238 Å². The van der Waals surface area contributed by atoms with E-state index in [0.717, 1.165) is 10.8 Å². The van der Waals surface area contributed by atoms with Crippen molar-refractivity contribution in [1.82, 2.24) is 41.1 Å². The van der Waals surface area contributed by atoms with Crippen molar-refractivity contribution in [3.8, 4) is 11.1 Å². The Labute approximate surface area is 832 Å². The van der Waals surface area contributed by atoms with E-state index in [9.17, 15) is 24.0 Å². The van der Waals surface area contributed by atoms with Crippen LogP contribution in [0.4, 0.5) is 14.4 Å². The van der Waals surface area contributed by atoms with Gasteiger partial charge >= 0.3 is 18.3 Å². The fourth-order valence-corrected chi connectivity index (χ4v) is 26.6. The van der Waals surface area contributed by atoms with Crippen LogP contribution >= 0.6 is 15.9 Å². The third-order valence-corrected chi connectivity index (χ3v) is 32.8. The molecule has 0 saturated carbocycles. The number of rotatable bonds is 19. The molecule has 0 aliphatic heterocycles. The van der Waals surface area contributed by atoms with Crippen LogP contribution in [0.5, 0.6) is 0 Å². The minimum Gasteiger partial charge on any atom is -0.443 e. The lowest BCUT2D eigenvalue weighted by Crippen LogP contribution is -2.36. The SMILES string of the molecule is CCC(CC)n1c(=O)c2ccc3c4c(-c5cc6c(=O)n(C(CC)CC)c(=O)c7cc8c9c(c5c5ccc%10c(=O)n(C(CC)CC)c(=O)c%11cc(c9c5c%10%11)n8C(=O)OC(C)(C)C)c67)cc5c(=O)n(C(CC)CC)c(=O)c6cc7c(c4c56)c4c3c2c(cc4n7C(=O)OC(C)(C)C)c1=O.CCC(CC)n1c(=O)c2ccc3c4c(Br)cc5c(=O)n(C(CC)CC)c(=O)c6cc7c(c4c56)c4c3c2c(cc4n7C(=O)OC(C)(C)C)c1=O. The number of hydrogen-bond donors (Lipinski definition) is 0. The molecule has 9 aromatic heterocycles. The number of aromatic nitrogens is 9. The average molecular weight is 2010 g/mol. The molecule has 0 radical (unpaired) electrons. The van der Waals surface area contributed by atoms with Crippen molar-refractivity contribution in [2.45, 2.75) is 276 Å². The van der Waals surface area contributed by atoms with Crippen molar-refractivity contribution in [2.24, 2.45) is 0 Å². The zero-order valence-electron chi connectivity index (χ0n) is 84.9. The van der Waals surface area contributed by atoms with Gasteiger partial charge in [0.25, 0.3) is 66.7 Å². The van der Waals surface area contributed by atoms with E-state index in [1.807, 2.05) is 101 Å². The number of benzene rings is 15. The van der Waals surface area contributed by atoms with Gasteiger partial charge < -0.3 is 14.2 Å². The van der Waals surface area contributed by atoms with Crippen LogP contribution in [0.15, 0.2) is 153 Å². The zero-order chi connectivity index (χ0) is 103. The molecule has 24 rings (SSSR count). The highest BCUT2D eigenvalue weighted by atomic mass is 79.9. The quantitative estimate of drug-likeness (QED) is 0.0412. The Bertz CT molecular complexity index is 10200. The van der Waals surface area contributed by atoms with Crippen LogP contribution in [0, 0.1) is 0 Å². The summed E-state index contributed by atoms with van der Waals surface area (Å²) in [6.07, 6.45) is 3.68. The van der Waals surface area contributed by atoms with E-state index in [2.05, 4.69) is 15.9 Å². The molecule has 0 aliphatic rings. The summed E-state index contributed by atoms with van der Waals surface area (Å²) in [7, 11) is 0. The molecule has 27 nitrogen and oxygen atoms in total. The predicted molar refractivity (Wildman–Crippen MR) is 588 cm³/mol. The van der Waals surface area contributed by atoms with E-state index >= 15 is 47.9 Å². The Morgan fingerprint density at radius 1 is 0.214 bits per heavy atom. The molecule has 15 aromatic carbocycles. The molecule has 0 unspecified atom stereocenters. The molecule has 0 N–H and O–H groups in total. The Morgan fingerprint density at radius 3 is 0.586 bits per heavy atom. The van der Waals surface area contributed by atoms with Gasteiger partial charge in [-0.15, -0.1) is 0 Å². The van der Waals surface area contributed by atoms with Crippen molar-refractivity contribution in [2.75, 3.05) is 0 Å². The Hall–Kier alpha value is -14.7. The van der Waals surface area contributed by atoms with Gasteiger partial charge in [-0.05, 0) is 250 Å². The van der Waals surface area contributed by atoms with Crippen molar-refractivity contribution in [3.63, 3.8) is 0 Å². The minimum atomic E-state index is -1.05. The first-order chi connectivity index (χ1) is 69.0. The maximum atomic E-state index is 16.2. The Morgan fingerprint density at radius 2 is 0.379 bits per heavy atom.